The topological polar surface area (TPSA) is 57.8 Å². The molecule has 19 heavy (non-hydrogen) atoms. The second-order valence-electron chi connectivity index (χ2n) is 6.07. The first-order valence-corrected chi connectivity index (χ1v) is 6.94. The first kappa shape index (κ1) is 11.0. The third-order valence-electron chi connectivity index (χ3n) is 4.73. The molecule has 0 radical (unpaired) electrons. The van der Waals surface area contributed by atoms with E-state index in [9.17, 15) is 4.79 Å². The molecule has 2 aliphatic rings. The lowest BCUT2D eigenvalue weighted by molar-refractivity contribution is -0.118. The van der Waals surface area contributed by atoms with Crippen LogP contribution in [0.25, 0.3) is 11.0 Å². The van der Waals surface area contributed by atoms with Gasteiger partial charge in [0.1, 0.15) is 0 Å². The number of fused-ring (bicyclic) bond motifs is 1. The molecular formula is C15H17N3O. The lowest BCUT2D eigenvalue weighted by Gasteiger charge is -2.26. The summed E-state index contributed by atoms with van der Waals surface area (Å²) in [5.41, 5.74) is 3.43. The Kier molecular flexibility index (Phi) is 2.08. The highest BCUT2D eigenvalue weighted by atomic mass is 16.2. The van der Waals surface area contributed by atoms with E-state index < -0.39 is 0 Å². The number of amides is 1. The van der Waals surface area contributed by atoms with E-state index in [4.69, 9.17) is 0 Å². The maximum atomic E-state index is 12.2. The van der Waals surface area contributed by atoms with Gasteiger partial charge in [0.25, 0.3) is 0 Å². The van der Waals surface area contributed by atoms with Gasteiger partial charge in [-0.3, -0.25) is 10.1 Å². The minimum absolute atomic E-state index is 0.135. The van der Waals surface area contributed by atoms with Crippen molar-refractivity contribution in [2.75, 3.05) is 5.32 Å². The molecule has 1 unspecified atom stereocenters. The minimum atomic E-state index is 0.135. The Labute approximate surface area is 111 Å². The van der Waals surface area contributed by atoms with Gasteiger partial charge < -0.3 is 4.98 Å². The molecule has 2 fully saturated rings. The lowest BCUT2D eigenvalue weighted by Crippen LogP contribution is -2.23. The molecule has 0 aliphatic heterocycles. The molecule has 1 atom stereocenters. The Morgan fingerprint density at radius 1 is 1.47 bits per heavy atom. The van der Waals surface area contributed by atoms with Crippen molar-refractivity contribution in [1.82, 2.24) is 9.97 Å². The molecule has 2 N–H and O–H groups in total. The number of nitrogens with one attached hydrogen (secondary N) is 2. The van der Waals surface area contributed by atoms with Crippen molar-refractivity contribution in [3.8, 4) is 0 Å². The number of nitrogens with zero attached hydrogens (tertiary/aromatic N) is 1. The summed E-state index contributed by atoms with van der Waals surface area (Å²) >= 11 is 0. The maximum absolute atomic E-state index is 12.2. The number of carbonyl (C=O) groups excluding carboxylic acids is 1. The molecule has 2 aromatic rings. The molecule has 98 valence electrons. The molecule has 0 bridgehead atoms. The summed E-state index contributed by atoms with van der Waals surface area (Å²) in [6, 6.07) is 6.04. The summed E-state index contributed by atoms with van der Waals surface area (Å²) in [4.78, 5) is 19.7. The molecule has 2 aliphatic carbocycles. The summed E-state index contributed by atoms with van der Waals surface area (Å²) in [6.45, 7) is 2.04. The van der Waals surface area contributed by atoms with Crippen LogP contribution in [0.3, 0.4) is 0 Å². The number of hydrogen-bond donors (Lipinski definition) is 2. The van der Waals surface area contributed by atoms with Gasteiger partial charge in [-0.05, 0) is 49.3 Å². The average Bonchev–Trinajstić information content (AvgIpc) is 2.99. The van der Waals surface area contributed by atoms with E-state index in [2.05, 4.69) is 15.3 Å². The summed E-state index contributed by atoms with van der Waals surface area (Å²) in [5.74, 6) is 0.929. The zero-order chi connectivity index (χ0) is 13.0. The number of carbonyl (C=O) groups is 1. The summed E-state index contributed by atoms with van der Waals surface area (Å²) < 4.78 is 0. The number of aromatic nitrogens is 2. The van der Waals surface area contributed by atoms with Gasteiger partial charge in [0.15, 0.2) is 0 Å². The van der Waals surface area contributed by atoms with Crippen LogP contribution in [0.2, 0.25) is 0 Å². The fourth-order valence-electron chi connectivity index (χ4n) is 3.29. The van der Waals surface area contributed by atoms with Gasteiger partial charge in [-0.15, -0.1) is 0 Å². The van der Waals surface area contributed by atoms with Crippen LogP contribution in [-0.4, -0.2) is 15.9 Å². The monoisotopic (exact) mass is 255 g/mol. The van der Waals surface area contributed by atoms with Crippen LogP contribution in [0, 0.1) is 18.3 Å². The summed E-state index contributed by atoms with van der Waals surface area (Å²) in [7, 11) is 0. The fraction of sp³-hybridized carbons (Fsp3) is 0.467. The molecular weight excluding hydrogens is 238 g/mol. The Morgan fingerprint density at radius 2 is 2.32 bits per heavy atom. The number of hydrogen-bond acceptors (Lipinski definition) is 2. The molecule has 2 saturated carbocycles. The molecule has 4 rings (SSSR count). The van der Waals surface area contributed by atoms with Crippen molar-refractivity contribution >= 4 is 22.9 Å². The van der Waals surface area contributed by atoms with Crippen molar-refractivity contribution in [3.63, 3.8) is 0 Å². The SMILES string of the molecule is Cc1ccc2nc(NC(=O)C3CC34CCC4)[nH]c2c1. The van der Waals surface area contributed by atoms with Crippen LogP contribution >= 0.6 is 0 Å². The molecule has 1 amide bonds. The second kappa shape index (κ2) is 3.59. The van der Waals surface area contributed by atoms with E-state index in [1.807, 2.05) is 25.1 Å². The third-order valence-corrected chi connectivity index (χ3v) is 4.73. The zero-order valence-corrected chi connectivity index (χ0v) is 11.0. The van der Waals surface area contributed by atoms with Crippen molar-refractivity contribution in [1.29, 1.82) is 0 Å². The Bertz CT molecular complexity index is 669. The van der Waals surface area contributed by atoms with Gasteiger partial charge in [-0.25, -0.2) is 4.98 Å². The van der Waals surface area contributed by atoms with E-state index in [1.54, 1.807) is 0 Å². The number of aromatic amines is 1. The second-order valence-corrected chi connectivity index (χ2v) is 6.07. The minimum Gasteiger partial charge on any atom is -0.324 e. The standard InChI is InChI=1S/C15H17N3O/c1-9-3-4-11-12(7-9)17-14(16-11)18-13(19)10-8-15(10)5-2-6-15/h3-4,7,10H,2,5-6,8H2,1H3,(H2,16,17,18,19). The number of rotatable bonds is 2. The third kappa shape index (κ3) is 1.66. The molecule has 1 aromatic heterocycles. The summed E-state index contributed by atoms with van der Waals surface area (Å²) in [6.07, 6.45) is 4.81. The van der Waals surface area contributed by atoms with Crippen LogP contribution in [0.4, 0.5) is 5.95 Å². The predicted octanol–water partition coefficient (Wildman–Crippen LogP) is 3.00. The van der Waals surface area contributed by atoms with Crippen LogP contribution in [-0.2, 0) is 4.79 Å². The number of imidazole rings is 1. The quantitative estimate of drug-likeness (QED) is 0.866. The van der Waals surface area contributed by atoms with Crippen LogP contribution in [0.1, 0.15) is 31.2 Å². The van der Waals surface area contributed by atoms with Gasteiger partial charge in [0.05, 0.1) is 11.0 Å². The maximum Gasteiger partial charge on any atom is 0.230 e. The molecule has 1 aromatic carbocycles. The van der Waals surface area contributed by atoms with E-state index in [0.717, 1.165) is 17.5 Å². The summed E-state index contributed by atoms with van der Waals surface area (Å²) in [5, 5.41) is 2.93. The average molecular weight is 255 g/mol. The van der Waals surface area contributed by atoms with Crippen LogP contribution in [0.15, 0.2) is 18.2 Å². The number of benzene rings is 1. The van der Waals surface area contributed by atoms with Gasteiger partial charge in [0, 0.05) is 5.92 Å². The zero-order valence-electron chi connectivity index (χ0n) is 11.0. The van der Waals surface area contributed by atoms with Gasteiger partial charge in [-0.2, -0.15) is 0 Å². The van der Waals surface area contributed by atoms with Gasteiger partial charge in [0.2, 0.25) is 11.9 Å². The Balaban J connectivity index is 1.53. The van der Waals surface area contributed by atoms with Crippen LogP contribution in [0.5, 0.6) is 0 Å². The Morgan fingerprint density at radius 3 is 3.00 bits per heavy atom. The molecule has 4 heteroatoms. The van der Waals surface area contributed by atoms with Crippen molar-refractivity contribution in [3.05, 3.63) is 23.8 Å². The first-order valence-electron chi connectivity index (χ1n) is 6.94. The highest BCUT2D eigenvalue weighted by molar-refractivity contribution is 5.95. The molecule has 1 heterocycles. The van der Waals surface area contributed by atoms with Crippen molar-refractivity contribution in [2.45, 2.75) is 32.6 Å². The molecule has 4 nitrogen and oxygen atoms in total. The Hall–Kier alpha value is -1.84. The number of H-pyrrole nitrogens is 1. The highest BCUT2D eigenvalue weighted by Crippen LogP contribution is 2.65. The van der Waals surface area contributed by atoms with E-state index in [1.165, 1.54) is 24.8 Å². The van der Waals surface area contributed by atoms with Crippen molar-refractivity contribution < 1.29 is 4.79 Å². The largest absolute Gasteiger partial charge is 0.324 e. The van der Waals surface area contributed by atoms with Gasteiger partial charge in [-0.1, -0.05) is 12.5 Å². The van der Waals surface area contributed by atoms with Crippen molar-refractivity contribution in [2.24, 2.45) is 11.3 Å². The highest BCUT2D eigenvalue weighted by Gasteiger charge is 2.60. The number of anilines is 1. The van der Waals surface area contributed by atoms with E-state index in [-0.39, 0.29) is 11.8 Å². The van der Waals surface area contributed by atoms with E-state index >= 15 is 0 Å². The van der Waals surface area contributed by atoms with Crippen LogP contribution < -0.4 is 5.32 Å². The predicted molar refractivity (Wildman–Crippen MR) is 73.9 cm³/mol. The first-order chi connectivity index (χ1) is 9.16. The molecule has 0 saturated heterocycles. The fourth-order valence-corrected chi connectivity index (χ4v) is 3.29. The van der Waals surface area contributed by atoms with E-state index in [0.29, 0.717) is 11.4 Å². The lowest BCUT2D eigenvalue weighted by atomic mass is 9.80. The molecule has 1 spiro atoms. The van der Waals surface area contributed by atoms with Gasteiger partial charge >= 0.3 is 0 Å². The normalized spacial score (nSPS) is 23.3. The smallest absolute Gasteiger partial charge is 0.230 e. The number of aryl methyl sites for hydroxylation is 1.